The fourth-order valence-corrected chi connectivity index (χ4v) is 1.27. The van der Waals surface area contributed by atoms with Gasteiger partial charge in [-0.25, -0.2) is 0 Å². The number of rotatable bonds is 3. The highest BCUT2D eigenvalue weighted by molar-refractivity contribution is 6.42. The van der Waals surface area contributed by atoms with Crippen LogP contribution in [0.3, 0.4) is 0 Å². The third-order valence-corrected chi connectivity index (χ3v) is 2.45. The Morgan fingerprint density at radius 2 is 2.00 bits per heavy atom. The number of halogens is 2. The second kappa shape index (κ2) is 5.77. The van der Waals surface area contributed by atoms with Gasteiger partial charge in [-0.3, -0.25) is 4.79 Å². The summed E-state index contributed by atoms with van der Waals surface area (Å²) in [6, 6.07) is 4.93. The number of hydrogen-bond acceptors (Lipinski definition) is 2. The Bertz CT molecular complexity index is 416. The molecule has 1 amide bonds. The van der Waals surface area contributed by atoms with Crippen molar-refractivity contribution in [3.05, 3.63) is 40.5 Å². The molecule has 86 valence electrons. The number of amides is 1. The minimum atomic E-state index is -0.216. The lowest BCUT2D eigenvalue weighted by Gasteiger charge is -2.05. The molecule has 3 nitrogen and oxygen atoms in total. The topological polar surface area (TPSA) is 32.3 Å². The summed E-state index contributed by atoms with van der Waals surface area (Å²) in [6.07, 6.45) is 3.09. The van der Waals surface area contributed by atoms with Crippen molar-refractivity contribution in [2.45, 2.75) is 0 Å². The zero-order chi connectivity index (χ0) is 12.1. The number of hydrogen-bond donors (Lipinski definition) is 1. The van der Waals surface area contributed by atoms with Crippen LogP contribution in [0.5, 0.6) is 0 Å². The Labute approximate surface area is 105 Å². The number of carbonyl (C=O) groups is 1. The molecule has 5 heteroatoms. The highest BCUT2D eigenvalue weighted by atomic mass is 35.5. The smallest absolute Gasteiger partial charge is 0.249 e. The molecule has 1 aromatic carbocycles. The summed E-state index contributed by atoms with van der Waals surface area (Å²) in [5.41, 5.74) is 0.614. The molecule has 1 rings (SSSR count). The summed E-state index contributed by atoms with van der Waals surface area (Å²) >= 11 is 11.6. The number of anilines is 1. The summed E-state index contributed by atoms with van der Waals surface area (Å²) in [6.45, 7) is 0. The van der Waals surface area contributed by atoms with Gasteiger partial charge in [0.05, 0.1) is 10.0 Å². The maximum absolute atomic E-state index is 11.4. The Morgan fingerprint density at radius 3 is 2.56 bits per heavy atom. The number of benzene rings is 1. The highest BCUT2D eigenvalue weighted by Crippen LogP contribution is 2.24. The molecular formula is C11H12Cl2N2O. The van der Waals surface area contributed by atoms with E-state index in [1.807, 2.05) is 14.1 Å². The maximum atomic E-state index is 11.4. The van der Waals surface area contributed by atoms with Gasteiger partial charge in [-0.15, -0.1) is 0 Å². The van der Waals surface area contributed by atoms with E-state index in [1.54, 1.807) is 29.3 Å². The van der Waals surface area contributed by atoms with Crippen LogP contribution in [0.15, 0.2) is 30.5 Å². The largest absolute Gasteiger partial charge is 0.383 e. The van der Waals surface area contributed by atoms with Gasteiger partial charge in [-0.2, -0.15) is 0 Å². The summed E-state index contributed by atoms with van der Waals surface area (Å²) in [7, 11) is 3.67. The molecule has 1 N–H and O–H groups in total. The average molecular weight is 259 g/mol. The summed E-state index contributed by atoms with van der Waals surface area (Å²) < 4.78 is 0. The van der Waals surface area contributed by atoms with Crippen LogP contribution >= 0.6 is 23.2 Å². The third kappa shape index (κ3) is 4.13. The molecular weight excluding hydrogens is 247 g/mol. The van der Waals surface area contributed by atoms with Gasteiger partial charge in [-0.1, -0.05) is 23.2 Å². The van der Waals surface area contributed by atoms with Gasteiger partial charge >= 0.3 is 0 Å². The molecule has 0 atom stereocenters. The Kier molecular flexibility index (Phi) is 4.65. The fourth-order valence-electron chi connectivity index (χ4n) is 0.975. The highest BCUT2D eigenvalue weighted by Gasteiger charge is 2.01. The molecule has 0 saturated carbocycles. The van der Waals surface area contributed by atoms with Crippen LogP contribution in [0, 0.1) is 0 Å². The van der Waals surface area contributed by atoms with Crippen molar-refractivity contribution in [3.63, 3.8) is 0 Å². The monoisotopic (exact) mass is 258 g/mol. The van der Waals surface area contributed by atoms with Gasteiger partial charge in [0.2, 0.25) is 5.91 Å². The lowest BCUT2D eigenvalue weighted by atomic mass is 10.3. The lowest BCUT2D eigenvalue weighted by molar-refractivity contribution is -0.112. The van der Waals surface area contributed by atoms with Crippen molar-refractivity contribution >= 4 is 34.8 Å². The van der Waals surface area contributed by atoms with Crippen LogP contribution in [0.25, 0.3) is 0 Å². The molecule has 0 heterocycles. The minimum Gasteiger partial charge on any atom is -0.383 e. The summed E-state index contributed by atoms with van der Waals surface area (Å²) in [4.78, 5) is 13.2. The van der Waals surface area contributed by atoms with Gasteiger partial charge in [0.1, 0.15) is 0 Å². The zero-order valence-electron chi connectivity index (χ0n) is 9.00. The molecule has 0 aliphatic carbocycles. The van der Waals surface area contributed by atoms with E-state index < -0.39 is 0 Å². The second-order valence-corrected chi connectivity index (χ2v) is 4.21. The number of nitrogens with zero attached hydrogens (tertiary/aromatic N) is 1. The molecule has 0 radical (unpaired) electrons. The Morgan fingerprint density at radius 1 is 1.31 bits per heavy atom. The van der Waals surface area contributed by atoms with Crippen molar-refractivity contribution < 1.29 is 4.79 Å². The van der Waals surface area contributed by atoms with Gasteiger partial charge in [0.25, 0.3) is 0 Å². The van der Waals surface area contributed by atoms with E-state index in [4.69, 9.17) is 23.2 Å². The van der Waals surface area contributed by atoms with Gasteiger partial charge < -0.3 is 10.2 Å². The van der Waals surface area contributed by atoms with Gasteiger partial charge in [0, 0.05) is 32.1 Å². The number of nitrogens with one attached hydrogen (secondary N) is 1. The van der Waals surface area contributed by atoms with Crippen LogP contribution < -0.4 is 5.32 Å². The Hall–Kier alpha value is -1.19. The first-order valence-electron chi connectivity index (χ1n) is 4.59. The van der Waals surface area contributed by atoms with E-state index in [1.165, 1.54) is 6.08 Å². The normalized spacial score (nSPS) is 10.5. The zero-order valence-corrected chi connectivity index (χ0v) is 10.5. The number of carbonyl (C=O) groups excluding carboxylic acids is 1. The molecule has 0 saturated heterocycles. The van der Waals surface area contributed by atoms with Crippen molar-refractivity contribution in [1.82, 2.24) is 4.90 Å². The van der Waals surface area contributed by atoms with Crippen LogP contribution in [0.4, 0.5) is 5.69 Å². The predicted molar refractivity (Wildman–Crippen MR) is 67.9 cm³/mol. The quantitative estimate of drug-likeness (QED) is 0.846. The fraction of sp³-hybridized carbons (Fsp3) is 0.182. The molecule has 1 aromatic rings. The van der Waals surface area contributed by atoms with E-state index >= 15 is 0 Å². The molecule has 0 fully saturated rings. The second-order valence-electron chi connectivity index (χ2n) is 3.40. The van der Waals surface area contributed by atoms with Crippen molar-refractivity contribution in [2.24, 2.45) is 0 Å². The summed E-state index contributed by atoms with van der Waals surface area (Å²) in [5, 5.41) is 3.54. The van der Waals surface area contributed by atoms with E-state index in [0.717, 1.165) is 0 Å². The lowest BCUT2D eigenvalue weighted by Crippen LogP contribution is -2.10. The molecule has 0 bridgehead atoms. The van der Waals surface area contributed by atoms with Crippen molar-refractivity contribution in [2.75, 3.05) is 19.4 Å². The first-order valence-corrected chi connectivity index (χ1v) is 5.35. The van der Waals surface area contributed by atoms with E-state index in [-0.39, 0.29) is 5.91 Å². The van der Waals surface area contributed by atoms with Crippen LogP contribution in [0.1, 0.15) is 0 Å². The molecule has 0 aromatic heterocycles. The first kappa shape index (κ1) is 12.9. The summed E-state index contributed by atoms with van der Waals surface area (Å²) in [5.74, 6) is -0.216. The third-order valence-electron chi connectivity index (χ3n) is 1.71. The molecule has 0 unspecified atom stereocenters. The standard InChI is InChI=1S/C11H12Cl2N2O/c1-15(2)6-5-11(16)14-8-3-4-9(12)10(13)7-8/h3-7H,1-2H3,(H,14,16). The molecule has 0 aliphatic rings. The minimum absolute atomic E-state index is 0.216. The molecule has 0 aliphatic heterocycles. The first-order chi connectivity index (χ1) is 7.49. The van der Waals surface area contributed by atoms with Gasteiger partial charge in [-0.05, 0) is 18.2 Å². The molecule has 16 heavy (non-hydrogen) atoms. The SMILES string of the molecule is CN(C)C=CC(=O)Nc1ccc(Cl)c(Cl)c1. The molecule has 0 spiro atoms. The van der Waals surface area contributed by atoms with E-state index in [0.29, 0.717) is 15.7 Å². The Balaban J connectivity index is 2.66. The van der Waals surface area contributed by atoms with Crippen LogP contribution in [-0.2, 0) is 4.79 Å². The van der Waals surface area contributed by atoms with Gasteiger partial charge in [0.15, 0.2) is 0 Å². The predicted octanol–water partition coefficient (Wildman–Crippen LogP) is 3.01. The van der Waals surface area contributed by atoms with Crippen LogP contribution in [0.2, 0.25) is 10.0 Å². The van der Waals surface area contributed by atoms with E-state index in [9.17, 15) is 4.79 Å². The average Bonchev–Trinajstić information content (AvgIpc) is 2.21. The van der Waals surface area contributed by atoms with Crippen LogP contribution in [-0.4, -0.2) is 24.9 Å². The van der Waals surface area contributed by atoms with Crippen molar-refractivity contribution in [3.8, 4) is 0 Å². The van der Waals surface area contributed by atoms with E-state index in [2.05, 4.69) is 5.32 Å². The maximum Gasteiger partial charge on any atom is 0.249 e. The van der Waals surface area contributed by atoms with Crippen molar-refractivity contribution in [1.29, 1.82) is 0 Å².